The molecule has 0 bridgehead atoms. The van der Waals surface area contributed by atoms with Crippen LogP contribution >= 0.6 is 6.72 Å². The van der Waals surface area contributed by atoms with E-state index in [2.05, 4.69) is 62.5 Å². The van der Waals surface area contributed by atoms with E-state index in [0.717, 1.165) is 38.5 Å². The third-order valence-corrected chi connectivity index (χ3v) is 9.65. The van der Waals surface area contributed by atoms with E-state index >= 15 is 0 Å². The number of likely N-dealkylation sites (N-methyl/N-ethyl adjacent to an activating group) is 1. The molecule has 4 nitrogen and oxygen atoms in total. The molecule has 0 aromatic carbocycles. The summed E-state index contributed by atoms with van der Waals surface area (Å²) in [6.07, 6.45) is 47.2. The van der Waals surface area contributed by atoms with E-state index in [0.29, 0.717) is 13.2 Å². The Morgan fingerprint density at radius 2 is 0.956 bits per heavy atom. The van der Waals surface area contributed by atoms with Gasteiger partial charge in [0.1, 0.15) is 6.72 Å². The first-order valence-electron chi connectivity index (χ1n) is 18.8. The van der Waals surface area contributed by atoms with Gasteiger partial charge < -0.3 is 18.8 Å². The Morgan fingerprint density at radius 1 is 0.578 bits per heavy atom. The third-order valence-electron chi connectivity index (χ3n) is 8.02. The van der Waals surface area contributed by atoms with Crippen molar-refractivity contribution in [3.63, 3.8) is 0 Å². The Hall–Kier alpha value is -0.550. The van der Waals surface area contributed by atoms with Gasteiger partial charge in [0.15, 0.2) is 0 Å². The maximum atomic E-state index is 12.9. The van der Waals surface area contributed by atoms with Crippen LogP contribution in [0, 0.1) is 0 Å². The van der Waals surface area contributed by atoms with Gasteiger partial charge in [0, 0.05) is 6.54 Å². The van der Waals surface area contributed by atoms with Crippen molar-refractivity contribution in [2.75, 3.05) is 27.2 Å². The summed E-state index contributed by atoms with van der Waals surface area (Å²) < 4.78 is 11.5. The average Bonchev–Trinajstić information content (AvgIpc) is 3.00. The lowest BCUT2D eigenvalue weighted by molar-refractivity contribution is -0.211. The van der Waals surface area contributed by atoms with E-state index in [1.54, 1.807) is 0 Å². The number of unbranched alkanes of at least 4 members (excludes halogenated alkanes) is 16. The first kappa shape index (κ1) is 44.5. The molecule has 0 saturated heterocycles. The van der Waals surface area contributed by atoms with Crippen LogP contribution in [-0.2, 0) is 20.9 Å². The van der Waals surface area contributed by atoms with E-state index < -0.39 is 6.72 Å². The molecule has 0 aliphatic heterocycles. The van der Waals surface area contributed by atoms with Crippen molar-refractivity contribution in [2.24, 2.45) is 0 Å². The van der Waals surface area contributed by atoms with Gasteiger partial charge in [-0.05, 0) is 78.3 Å². The first-order valence-corrected chi connectivity index (χ1v) is 21.4. The second-order valence-corrected chi connectivity index (χ2v) is 15.6. The lowest BCUT2D eigenvalue weighted by Gasteiger charge is -2.32. The summed E-state index contributed by atoms with van der Waals surface area (Å²) in [6, 6.07) is 0. The highest BCUT2D eigenvalue weighted by Gasteiger charge is 2.15. The average molecular weight is 667 g/mol. The Labute approximate surface area is 286 Å². The van der Waals surface area contributed by atoms with Crippen molar-refractivity contribution >= 4 is 18.5 Å². The van der Waals surface area contributed by atoms with Crippen molar-refractivity contribution in [1.82, 2.24) is 4.90 Å². The van der Waals surface area contributed by atoms with Gasteiger partial charge in [0.25, 0.3) is 0 Å². The van der Waals surface area contributed by atoms with Crippen LogP contribution < -0.4 is 4.89 Å². The van der Waals surface area contributed by atoms with Gasteiger partial charge in [-0.2, -0.15) is 0 Å². The van der Waals surface area contributed by atoms with Crippen molar-refractivity contribution < 1.29 is 13.9 Å². The van der Waals surface area contributed by atoms with Crippen LogP contribution in [0.15, 0.2) is 48.6 Å². The van der Waals surface area contributed by atoms with E-state index in [-0.39, 0.29) is 6.10 Å². The Bertz CT molecular complexity index is 734. The van der Waals surface area contributed by atoms with Gasteiger partial charge in [0.2, 0.25) is 0 Å². The van der Waals surface area contributed by atoms with Crippen LogP contribution in [0.25, 0.3) is 0 Å². The summed E-state index contributed by atoms with van der Waals surface area (Å²) in [5.41, 5.74) is 0. The van der Waals surface area contributed by atoms with Gasteiger partial charge in [-0.1, -0.05) is 164 Å². The van der Waals surface area contributed by atoms with Gasteiger partial charge >= 0.3 is 0 Å². The zero-order valence-corrected chi connectivity index (χ0v) is 31.8. The molecule has 0 radical (unpaired) electrons. The van der Waals surface area contributed by atoms with Crippen molar-refractivity contribution in [1.29, 1.82) is 0 Å². The topological polar surface area (TPSA) is 44.8 Å². The molecule has 0 aromatic heterocycles. The molecular weight excluding hydrogens is 593 g/mol. The summed E-state index contributed by atoms with van der Waals surface area (Å²) in [5, 5.41) is 0. The van der Waals surface area contributed by atoms with Crippen LogP contribution in [0.5, 0.6) is 0 Å². The highest BCUT2D eigenvalue weighted by Crippen LogP contribution is 2.42. The second kappa shape index (κ2) is 34.8. The van der Waals surface area contributed by atoms with Crippen LogP contribution in [0.4, 0.5) is 0 Å². The third kappa shape index (κ3) is 36.1. The standard InChI is InChI=1S/C39H74NO3PS/c1-5-7-9-11-13-15-17-19-21-23-25-27-29-31-33-35-39(43-44(41,45)42-38-37-40(3)4)36-34-32-30-28-26-24-22-20-18-16-14-12-10-8-6-2/h11-14,17-20,39H,5-10,15-16,21-38H2,1-4H3,(H,41,45)/p-1/b13-11-,14-12-,19-17-,20-18-. The van der Waals surface area contributed by atoms with Gasteiger partial charge in [-0.15, -0.1) is 0 Å². The van der Waals surface area contributed by atoms with Gasteiger partial charge in [-0.3, -0.25) is 0 Å². The fourth-order valence-electron chi connectivity index (χ4n) is 5.14. The Morgan fingerprint density at radius 3 is 1.36 bits per heavy atom. The lowest BCUT2D eigenvalue weighted by Crippen LogP contribution is -2.22. The van der Waals surface area contributed by atoms with Crippen LogP contribution in [0.3, 0.4) is 0 Å². The highest BCUT2D eigenvalue weighted by molar-refractivity contribution is 8.06. The molecule has 0 amide bonds. The SMILES string of the molecule is CCCC/C=C\C/C=C\CCCCCCCCC(CCCCCCCC/C=C\C/C=C\CCCC)OP([O-])(=S)OCCN(C)C. The predicted octanol–water partition coefficient (Wildman–Crippen LogP) is 12.2. The molecule has 0 N–H and O–H groups in total. The summed E-state index contributed by atoms with van der Waals surface area (Å²) in [6.45, 7) is 2.06. The molecule has 6 heteroatoms. The minimum atomic E-state index is -3.45. The van der Waals surface area contributed by atoms with E-state index in [4.69, 9.17) is 20.9 Å². The maximum Gasteiger partial charge on any atom is 0.115 e. The predicted molar refractivity (Wildman–Crippen MR) is 202 cm³/mol. The zero-order chi connectivity index (χ0) is 33.1. The largest absolute Gasteiger partial charge is 0.780 e. The Kier molecular flexibility index (Phi) is 34.4. The zero-order valence-electron chi connectivity index (χ0n) is 30.1. The van der Waals surface area contributed by atoms with Crippen LogP contribution in [0.1, 0.15) is 168 Å². The smallest absolute Gasteiger partial charge is 0.115 e. The van der Waals surface area contributed by atoms with Gasteiger partial charge in [0.05, 0.1) is 12.7 Å². The number of hydrogen-bond acceptors (Lipinski definition) is 5. The summed E-state index contributed by atoms with van der Waals surface area (Å²) in [7, 11) is 3.94. The molecule has 0 aliphatic rings. The van der Waals surface area contributed by atoms with Gasteiger partial charge in [-0.25, -0.2) is 0 Å². The summed E-state index contributed by atoms with van der Waals surface area (Å²) >= 11 is 5.27. The summed E-state index contributed by atoms with van der Waals surface area (Å²) in [4.78, 5) is 14.9. The molecule has 0 heterocycles. The first-order chi connectivity index (χ1) is 21.9. The molecule has 264 valence electrons. The molecule has 0 aromatic rings. The van der Waals surface area contributed by atoms with E-state index in [1.807, 2.05) is 19.0 Å². The molecule has 0 rings (SSSR count). The van der Waals surface area contributed by atoms with Crippen molar-refractivity contribution in [3.8, 4) is 0 Å². The summed E-state index contributed by atoms with van der Waals surface area (Å²) in [5.74, 6) is 0. The minimum Gasteiger partial charge on any atom is -0.780 e. The quantitative estimate of drug-likeness (QED) is 0.0388. The molecular formula is C39H73NO3PS-. The van der Waals surface area contributed by atoms with Crippen molar-refractivity contribution in [2.45, 2.75) is 174 Å². The number of nitrogens with zero attached hydrogens (tertiary/aromatic N) is 1. The fourth-order valence-corrected chi connectivity index (χ4v) is 6.67. The minimum absolute atomic E-state index is 0.0602. The molecule has 0 spiro atoms. The Balaban J connectivity index is 4.16. The second-order valence-electron chi connectivity index (χ2n) is 12.8. The molecule has 0 saturated carbocycles. The normalized spacial score (nSPS) is 14.0. The molecule has 0 fully saturated rings. The molecule has 0 aliphatic carbocycles. The van der Waals surface area contributed by atoms with Crippen LogP contribution in [-0.4, -0.2) is 38.3 Å². The van der Waals surface area contributed by atoms with Crippen LogP contribution in [0.2, 0.25) is 0 Å². The highest BCUT2D eigenvalue weighted by atomic mass is 32.5. The number of hydrogen-bond donors (Lipinski definition) is 0. The van der Waals surface area contributed by atoms with Crippen molar-refractivity contribution in [3.05, 3.63) is 48.6 Å². The maximum absolute atomic E-state index is 12.9. The molecule has 45 heavy (non-hydrogen) atoms. The van der Waals surface area contributed by atoms with E-state index in [1.165, 1.54) is 116 Å². The number of allylic oxidation sites excluding steroid dienone is 8. The lowest BCUT2D eigenvalue weighted by atomic mass is 10.0. The van der Waals surface area contributed by atoms with E-state index in [9.17, 15) is 4.89 Å². The molecule has 1 unspecified atom stereocenters. The molecule has 1 atom stereocenters. The monoisotopic (exact) mass is 667 g/mol. The fraction of sp³-hybridized carbons (Fsp3) is 0.795. The number of rotatable bonds is 34.